The highest BCUT2D eigenvalue weighted by molar-refractivity contribution is 6.87. The van der Waals surface area contributed by atoms with E-state index in [1.54, 1.807) is 0 Å². The summed E-state index contributed by atoms with van der Waals surface area (Å²) in [7, 11) is -5.59. The fraction of sp³-hybridized carbons (Fsp3) is 1.00. The molecule has 10 heteroatoms. The molecule has 3 N–H and O–H groups in total. The largest absolute Gasteiger partial charge is 0.437 e. The SMILES string of the molecule is C[Si](C)(C)O[Si](C)(CCCOCC(O)CN(CCO)CCO)O[Si](C)(C)C. The Balaban J connectivity index is 4.32. The molecule has 0 spiro atoms. The average molecular weight is 442 g/mol. The third-order valence-electron chi connectivity index (χ3n) is 3.58. The Labute approximate surface area is 169 Å². The lowest BCUT2D eigenvalue weighted by atomic mass is 10.3. The Morgan fingerprint density at radius 3 is 1.74 bits per heavy atom. The van der Waals surface area contributed by atoms with Crippen LogP contribution in [0.2, 0.25) is 51.9 Å². The van der Waals surface area contributed by atoms with Crippen LogP contribution in [0.25, 0.3) is 0 Å². The fourth-order valence-corrected chi connectivity index (χ4v) is 15.6. The predicted molar refractivity (Wildman–Crippen MR) is 117 cm³/mol. The van der Waals surface area contributed by atoms with Gasteiger partial charge in [-0.05, 0) is 58.3 Å². The van der Waals surface area contributed by atoms with Gasteiger partial charge < -0.3 is 28.3 Å². The van der Waals surface area contributed by atoms with E-state index >= 15 is 0 Å². The number of hydrogen-bond acceptors (Lipinski definition) is 7. The zero-order chi connectivity index (χ0) is 21.1. The van der Waals surface area contributed by atoms with Gasteiger partial charge in [0.25, 0.3) is 0 Å². The van der Waals surface area contributed by atoms with Crippen molar-refractivity contribution in [1.29, 1.82) is 0 Å². The van der Waals surface area contributed by atoms with E-state index in [-0.39, 0.29) is 19.8 Å². The minimum Gasteiger partial charge on any atom is -0.437 e. The van der Waals surface area contributed by atoms with Gasteiger partial charge in [-0.2, -0.15) is 0 Å². The second-order valence-corrected chi connectivity index (χ2v) is 22.0. The van der Waals surface area contributed by atoms with Crippen molar-refractivity contribution in [1.82, 2.24) is 4.90 Å². The summed E-state index contributed by atoms with van der Waals surface area (Å²) < 4.78 is 18.6. The van der Waals surface area contributed by atoms with Crippen molar-refractivity contribution >= 4 is 25.2 Å². The molecule has 0 amide bonds. The summed E-state index contributed by atoms with van der Waals surface area (Å²) in [6, 6.07) is 0.888. The van der Waals surface area contributed by atoms with Crippen LogP contribution < -0.4 is 0 Å². The maximum atomic E-state index is 10.1. The van der Waals surface area contributed by atoms with Gasteiger partial charge in [0.05, 0.1) is 25.9 Å². The lowest BCUT2D eigenvalue weighted by molar-refractivity contribution is 0.0114. The molecular formula is C17H43NO6Si3. The standard InChI is InChI=1S/C17H43NO6Si3/c1-25(2,3)23-27(7,24-26(4,5)6)14-8-13-22-16-17(21)15-18(9-11-19)10-12-20/h17,19-21H,8-16H2,1-7H3. The number of ether oxygens (including phenoxy) is 1. The van der Waals surface area contributed by atoms with Crippen molar-refractivity contribution in [3.8, 4) is 0 Å². The van der Waals surface area contributed by atoms with E-state index in [1.807, 2.05) is 4.90 Å². The van der Waals surface area contributed by atoms with Crippen LogP contribution in [0.15, 0.2) is 0 Å². The van der Waals surface area contributed by atoms with Gasteiger partial charge in [0.15, 0.2) is 16.6 Å². The van der Waals surface area contributed by atoms with Gasteiger partial charge in [0.2, 0.25) is 0 Å². The second-order valence-electron chi connectivity index (χ2n) is 9.14. The first kappa shape index (κ1) is 27.4. The summed E-state index contributed by atoms with van der Waals surface area (Å²) in [5.41, 5.74) is 0. The zero-order valence-corrected chi connectivity index (χ0v) is 21.5. The second kappa shape index (κ2) is 12.8. The molecule has 0 aromatic carbocycles. The molecule has 0 aromatic heterocycles. The van der Waals surface area contributed by atoms with Gasteiger partial charge in [-0.1, -0.05) is 0 Å². The van der Waals surface area contributed by atoms with E-state index in [0.29, 0.717) is 26.2 Å². The summed E-state index contributed by atoms with van der Waals surface area (Å²) in [5, 5.41) is 28.1. The predicted octanol–water partition coefficient (Wildman–Crippen LogP) is 1.82. The first-order valence-electron chi connectivity index (χ1n) is 9.90. The van der Waals surface area contributed by atoms with Crippen molar-refractivity contribution in [3.63, 3.8) is 0 Å². The van der Waals surface area contributed by atoms with E-state index in [1.165, 1.54) is 0 Å². The molecule has 7 nitrogen and oxygen atoms in total. The number of aliphatic hydroxyl groups excluding tert-OH is 3. The summed E-state index contributed by atoms with van der Waals surface area (Å²) in [4.78, 5) is 1.82. The van der Waals surface area contributed by atoms with Crippen molar-refractivity contribution in [2.24, 2.45) is 0 Å². The van der Waals surface area contributed by atoms with Crippen molar-refractivity contribution in [2.45, 2.75) is 64.4 Å². The topological polar surface area (TPSA) is 91.6 Å². The van der Waals surface area contributed by atoms with Crippen LogP contribution in [0.5, 0.6) is 0 Å². The van der Waals surface area contributed by atoms with Crippen LogP contribution in [-0.2, 0) is 13.0 Å². The third kappa shape index (κ3) is 15.9. The molecule has 0 radical (unpaired) electrons. The lowest BCUT2D eigenvalue weighted by Crippen LogP contribution is -2.52. The Morgan fingerprint density at radius 2 is 1.33 bits per heavy atom. The monoisotopic (exact) mass is 441 g/mol. The maximum Gasteiger partial charge on any atom is 0.314 e. The molecule has 0 bridgehead atoms. The molecule has 0 aliphatic heterocycles. The zero-order valence-electron chi connectivity index (χ0n) is 18.5. The summed E-state index contributed by atoms with van der Waals surface area (Å²) in [5.74, 6) is 0. The Hall–Kier alpha value is 0.371. The molecule has 0 aliphatic carbocycles. The Morgan fingerprint density at radius 1 is 0.852 bits per heavy atom. The van der Waals surface area contributed by atoms with Crippen LogP contribution in [0.4, 0.5) is 0 Å². The van der Waals surface area contributed by atoms with E-state index < -0.39 is 31.3 Å². The lowest BCUT2D eigenvalue weighted by Gasteiger charge is -2.38. The molecule has 0 fully saturated rings. The molecule has 0 heterocycles. The van der Waals surface area contributed by atoms with Gasteiger partial charge >= 0.3 is 8.56 Å². The fourth-order valence-electron chi connectivity index (χ4n) is 3.06. The highest BCUT2D eigenvalue weighted by Gasteiger charge is 2.39. The van der Waals surface area contributed by atoms with Crippen molar-refractivity contribution in [2.75, 3.05) is 46.1 Å². The van der Waals surface area contributed by atoms with E-state index in [0.717, 1.165) is 12.5 Å². The number of rotatable bonds is 16. The van der Waals surface area contributed by atoms with Crippen molar-refractivity contribution in [3.05, 3.63) is 0 Å². The summed E-state index contributed by atoms with van der Waals surface area (Å²) in [6.07, 6.45) is 0.213. The van der Waals surface area contributed by atoms with E-state index in [2.05, 4.69) is 45.8 Å². The van der Waals surface area contributed by atoms with Crippen LogP contribution in [0.3, 0.4) is 0 Å². The van der Waals surface area contributed by atoms with E-state index in [9.17, 15) is 5.11 Å². The highest BCUT2D eigenvalue weighted by atomic mass is 28.5. The third-order valence-corrected chi connectivity index (χ3v) is 13.2. The molecule has 0 rings (SSSR count). The molecule has 0 aromatic rings. The molecule has 0 saturated heterocycles. The van der Waals surface area contributed by atoms with Crippen LogP contribution >= 0.6 is 0 Å². The van der Waals surface area contributed by atoms with E-state index in [4.69, 9.17) is 23.2 Å². The minimum atomic E-state index is -2.23. The summed E-state index contributed by atoms with van der Waals surface area (Å²) >= 11 is 0. The van der Waals surface area contributed by atoms with Crippen molar-refractivity contribution < 1.29 is 28.3 Å². The highest BCUT2D eigenvalue weighted by Crippen LogP contribution is 2.25. The Kier molecular flexibility index (Phi) is 13.0. The maximum absolute atomic E-state index is 10.1. The number of nitrogens with zero attached hydrogens (tertiary/aromatic N) is 1. The smallest absolute Gasteiger partial charge is 0.314 e. The average Bonchev–Trinajstić information content (AvgIpc) is 2.43. The molecule has 0 saturated carbocycles. The van der Waals surface area contributed by atoms with Gasteiger partial charge in [-0.15, -0.1) is 0 Å². The molecule has 27 heavy (non-hydrogen) atoms. The summed E-state index contributed by atoms with van der Waals surface area (Å²) in [6.45, 7) is 17.4. The van der Waals surface area contributed by atoms with Gasteiger partial charge in [0, 0.05) is 26.2 Å². The number of hydrogen-bond donors (Lipinski definition) is 3. The molecule has 0 aliphatic rings. The molecular weight excluding hydrogens is 398 g/mol. The Bertz CT molecular complexity index is 368. The number of aliphatic hydroxyl groups is 3. The molecule has 164 valence electrons. The quantitative estimate of drug-likeness (QED) is 0.248. The molecule has 1 atom stereocenters. The first-order chi connectivity index (χ1) is 12.3. The van der Waals surface area contributed by atoms with Crippen LogP contribution in [-0.4, -0.2) is 97.6 Å². The normalized spacial score (nSPS) is 14.8. The van der Waals surface area contributed by atoms with Gasteiger partial charge in [-0.3, -0.25) is 4.90 Å². The van der Waals surface area contributed by atoms with Crippen LogP contribution in [0.1, 0.15) is 6.42 Å². The van der Waals surface area contributed by atoms with Gasteiger partial charge in [0.1, 0.15) is 0 Å². The molecule has 1 unspecified atom stereocenters. The minimum absolute atomic E-state index is 0.00493. The van der Waals surface area contributed by atoms with Gasteiger partial charge in [-0.25, -0.2) is 0 Å². The van der Waals surface area contributed by atoms with Crippen LogP contribution in [0, 0.1) is 0 Å². The first-order valence-corrected chi connectivity index (χ1v) is 19.2.